The van der Waals surface area contributed by atoms with Gasteiger partial charge in [-0.25, -0.2) is 0 Å². The number of aromatic nitrogens is 2. The summed E-state index contributed by atoms with van der Waals surface area (Å²) in [6, 6.07) is 9.96. The minimum Gasteiger partial charge on any atom is -0.455 e. The number of rotatable bonds is 6. The maximum Gasteiger partial charge on any atom is 0.311 e. The van der Waals surface area contributed by atoms with Crippen LogP contribution in [0.1, 0.15) is 23.7 Å². The number of likely N-dealkylation sites (tertiary alicyclic amines) is 1. The Bertz CT molecular complexity index is 714. The molecule has 1 fully saturated rings. The highest BCUT2D eigenvalue weighted by Crippen LogP contribution is 2.20. The number of ether oxygens (including phenoxy) is 1. The molecule has 7 nitrogen and oxygen atoms in total. The van der Waals surface area contributed by atoms with E-state index in [4.69, 9.17) is 9.26 Å². The largest absolute Gasteiger partial charge is 0.455 e. The molecule has 3 rings (SSSR count). The van der Waals surface area contributed by atoms with E-state index in [1.165, 1.54) is 5.56 Å². The van der Waals surface area contributed by atoms with E-state index in [0.29, 0.717) is 18.9 Å². The van der Waals surface area contributed by atoms with Gasteiger partial charge in [0.15, 0.2) is 12.4 Å². The molecule has 1 unspecified atom stereocenters. The fourth-order valence-corrected chi connectivity index (χ4v) is 2.70. The van der Waals surface area contributed by atoms with Crippen LogP contribution < -0.4 is 0 Å². The Labute approximate surface area is 139 Å². The van der Waals surface area contributed by atoms with Crippen molar-refractivity contribution in [2.24, 2.45) is 5.92 Å². The van der Waals surface area contributed by atoms with Gasteiger partial charge in [-0.05, 0) is 18.9 Å². The molecule has 0 aliphatic carbocycles. The molecule has 0 N–H and O–H groups in total. The predicted molar refractivity (Wildman–Crippen MR) is 83.7 cm³/mol. The van der Waals surface area contributed by atoms with Gasteiger partial charge in [0.25, 0.3) is 5.89 Å². The first-order valence-electron chi connectivity index (χ1n) is 7.89. The monoisotopic (exact) mass is 329 g/mol. The van der Waals surface area contributed by atoms with E-state index < -0.39 is 11.9 Å². The van der Waals surface area contributed by atoms with Crippen LogP contribution in [0.3, 0.4) is 0 Å². The normalized spacial score (nSPS) is 17.3. The molecule has 1 aromatic heterocycles. The quantitative estimate of drug-likeness (QED) is 0.747. The Kier molecular flexibility index (Phi) is 4.88. The van der Waals surface area contributed by atoms with Crippen LogP contribution in [0, 0.1) is 12.8 Å². The molecule has 0 bridgehead atoms. The molecular formula is C17H19N3O4. The van der Waals surface area contributed by atoms with Gasteiger partial charge >= 0.3 is 5.97 Å². The van der Waals surface area contributed by atoms with E-state index in [1.807, 2.05) is 30.3 Å². The zero-order chi connectivity index (χ0) is 16.9. The first-order chi connectivity index (χ1) is 11.6. The van der Waals surface area contributed by atoms with Crippen molar-refractivity contribution in [1.82, 2.24) is 15.0 Å². The van der Waals surface area contributed by atoms with Crippen LogP contribution in [-0.4, -0.2) is 40.0 Å². The topological polar surface area (TPSA) is 85.5 Å². The number of esters is 1. The molecule has 1 aliphatic rings. The second-order valence-electron chi connectivity index (χ2n) is 5.82. The summed E-state index contributed by atoms with van der Waals surface area (Å²) < 4.78 is 10.1. The number of carbonyl (C=O) groups is 2. The molecule has 1 aliphatic heterocycles. The lowest BCUT2D eigenvalue weighted by Crippen LogP contribution is -2.28. The Balaban J connectivity index is 1.47. The molecule has 1 atom stereocenters. The van der Waals surface area contributed by atoms with Crippen LogP contribution in [0.15, 0.2) is 34.9 Å². The fourth-order valence-electron chi connectivity index (χ4n) is 2.70. The van der Waals surface area contributed by atoms with Gasteiger partial charge in [0.2, 0.25) is 5.91 Å². The summed E-state index contributed by atoms with van der Waals surface area (Å²) >= 11 is 0. The Morgan fingerprint density at radius 3 is 2.88 bits per heavy atom. The SMILES string of the molecule is Cc1noc(COC(=O)C2CC(=O)N(CCc3ccccc3)C2)n1. The van der Waals surface area contributed by atoms with Crippen molar-refractivity contribution < 1.29 is 18.8 Å². The van der Waals surface area contributed by atoms with Gasteiger partial charge in [0.1, 0.15) is 0 Å². The standard InChI is InChI=1S/C17H19N3O4/c1-12-18-15(24-19-12)11-23-17(22)14-9-16(21)20(10-14)8-7-13-5-3-2-4-6-13/h2-6,14H,7-11H2,1H3. The lowest BCUT2D eigenvalue weighted by Gasteiger charge is -2.16. The molecule has 7 heteroatoms. The third-order valence-electron chi connectivity index (χ3n) is 3.97. The highest BCUT2D eigenvalue weighted by molar-refractivity contribution is 5.86. The maximum absolute atomic E-state index is 12.1. The minimum absolute atomic E-state index is 0.0125. The summed E-state index contributed by atoms with van der Waals surface area (Å²) in [7, 11) is 0. The third kappa shape index (κ3) is 3.98. The molecule has 1 amide bonds. The number of aryl methyl sites for hydroxylation is 1. The first kappa shape index (κ1) is 16.2. The van der Waals surface area contributed by atoms with Crippen molar-refractivity contribution in [1.29, 1.82) is 0 Å². The maximum atomic E-state index is 12.1. The second kappa shape index (κ2) is 7.25. The molecule has 1 aromatic carbocycles. The smallest absolute Gasteiger partial charge is 0.311 e. The van der Waals surface area contributed by atoms with Gasteiger partial charge in [-0.3, -0.25) is 9.59 Å². The van der Waals surface area contributed by atoms with E-state index in [2.05, 4.69) is 10.1 Å². The summed E-state index contributed by atoms with van der Waals surface area (Å²) in [5.41, 5.74) is 1.17. The highest BCUT2D eigenvalue weighted by Gasteiger charge is 2.35. The molecule has 0 radical (unpaired) electrons. The number of hydrogen-bond acceptors (Lipinski definition) is 6. The summed E-state index contributed by atoms with van der Waals surface area (Å²) in [5, 5.41) is 3.63. The number of hydrogen-bond donors (Lipinski definition) is 0. The Morgan fingerprint density at radius 1 is 1.38 bits per heavy atom. The van der Waals surface area contributed by atoms with Crippen molar-refractivity contribution in [3.63, 3.8) is 0 Å². The molecular weight excluding hydrogens is 310 g/mol. The average molecular weight is 329 g/mol. The summed E-state index contributed by atoms with van der Waals surface area (Å²) in [6.45, 7) is 2.63. The molecule has 1 saturated heterocycles. The molecule has 126 valence electrons. The summed E-state index contributed by atoms with van der Waals surface area (Å²) in [6.07, 6.45) is 0.964. The zero-order valence-corrected chi connectivity index (χ0v) is 13.5. The number of nitrogens with zero attached hydrogens (tertiary/aromatic N) is 3. The van der Waals surface area contributed by atoms with Gasteiger partial charge in [-0.15, -0.1) is 0 Å². The van der Waals surface area contributed by atoms with Crippen LogP contribution in [0.5, 0.6) is 0 Å². The Morgan fingerprint density at radius 2 is 2.17 bits per heavy atom. The van der Waals surface area contributed by atoms with Crippen molar-refractivity contribution in [2.45, 2.75) is 26.4 Å². The molecule has 2 heterocycles. The summed E-state index contributed by atoms with van der Waals surface area (Å²) in [5.74, 6) is -0.101. The number of carbonyl (C=O) groups excluding carboxylic acids is 2. The molecule has 24 heavy (non-hydrogen) atoms. The predicted octanol–water partition coefficient (Wildman–Crippen LogP) is 1.51. The number of amides is 1. The van der Waals surface area contributed by atoms with Crippen molar-refractivity contribution in [3.8, 4) is 0 Å². The molecule has 0 spiro atoms. The van der Waals surface area contributed by atoms with Crippen LogP contribution in [0.4, 0.5) is 0 Å². The van der Waals surface area contributed by atoms with E-state index >= 15 is 0 Å². The van der Waals surface area contributed by atoms with Gasteiger partial charge in [-0.1, -0.05) is 35.5 Å². The van der Waals surface area contributed by atoms with Crippen LogP contribution in [0.2, 0.25) is 0 Å². The number of benzene rings is 1. The third-order valence-corrected chi connectivity index (χ3v) is 3.97. The van der Waals surface area contributed by atoms with E-state index in [-0.39, 0.29) is 24.8 Å². The fraction of sp³-hybridized carbons (Fsp3) is 0.412. The second-order valence-corrected chi connectivity index (χ2v) is 5.82. The van der Waals surface area contributed by atoms with Gasteiger partial charge < -0.3 is 14.2 Å². The molecule has 0 saturated carbocycles. The van der Waals surface area contributed by atoms with Crippen molar-refractivity contribution in [2.75, 3.05) is 13.1 Å². The summed E-state index contributed by atoms with van der Waals surface area (Å²) in [4.78, 5) is 29.9. The van der Waals surface area contributed by atoms with Crippen molar-refractivity contribution in [3.05, 3.63) is 47.6 Å². The molecule has 2 aromatic rings. The zero-order valence-electron chi connectivity index (χ0n) is 13.5. The Hall–Kier alpha value is -2.70. The van der Waals surface area contributed by atoms with E-state index in [9.17, 15) is 9.59 Å². The van der Waals surface area contributed by atoms with E-state index in [1.54, 1.807) is 11.8 Å². The van der Waals surface area contributed by atoms with Crippen molar-refractivity contribution >= 4 is 11.9 Å². The van der Waals surface area contributed by atoms with Gasteiger partial charge in [0.05, 0.1) is 5.92 Å². The van der Waals surface area contributed by atoms with Crippen LogP contribution in [0.25, 0.3) is 0 Å². The van der Waals surface area contributed by atoms with Gasteiger partial charge in [-0.2, -0.15) is 4.98 Å². The first-order valence-corrected chi connectivity index (χ1v) is 7.89. The van der Waals surface area contributed by atoms with E-state index in [0.717, 1.165) is 6.42 Å². The minimum atomic E-state index is -0.433. The highest BCUT2D eigenvalue weighted by atomic mass is 16.6. The lowest BCUT2D eigenvalue weighted by atomic mass is 10.1. The van der Waals surface area contributed by atoms with Crippen LogP contribution in [-0.2, 0) is 27.4 Å². The lowest BCUT2D eigenvalue weighted by molar-refractivity contribution is -0.150. The average Bonchev–Trinajstić information content (AvgIpc) is 3.17. The van der Waals surface area contributed by atoms with Gasteiger partial charge in [0, 0.05) is 19.5 Å². The van der Waals surface area contributed by atoms with Crippen LogP contribution >= 0.6 is 0 Å².